The van der Waals surface area contributed by atoms with Crippen LogP contribution >= 0.6 is 18.0 Å². The molecule has 1 aromatic rings. The maximum Gasteiger partial charge on any atom is 0.350 e. The average molecular weight is 465 g/mol. The molecule has 1 aliphatic rings. The van der Waals surface area contributed by atoms with Gasteiger partial charge in [0.1, 0.15) is 11.7 Å². The van der Waals surface area contributed by atoms with Crippen molar-refractivity contribution in [2.75, 3.05) is 18.9 Å². The Morgan fingerprint density at radius 1 is 1.59 bits per heavy atom. The van der Waals surface area contributed by atoms with Gasteiger partial charge in [0.05, 0.1) is 13.2 Å². The summed E-state index contributed by atoms with van der Waals surface area (Å²) in [4.78, 5) is 55.0. The van der Waals surface area contributed by atoms with Crippen molar-refractivity contribution >= 4 is 58.4 Å². The standard InChI is InChI=1S/C14H20N5O7PS2/c1-4-25-27(24,28)19-5-7(11(19)21)16-10(20)9(8-6-29-13(15)17-8)18-26-14(2,3)12(22)23/h6-7H,4-5H2,1-3H3,(H2,15,17)(H,16,20)(H,22,23)(H,24,28)/t7-,27?/m0/s1. The SMILES string of the molecule is CCOP(O)(=S)N1C[C@H](NC(=O)C(=NOC(C)(C)C(=O)O)c2csc(N)n2)C1=O. The maximum atomic E-state index is 12.6. The van der Waals surface area contributed by atoms with Gasteiger partial charge in [-0.3, -0.25) is 14.3 Å². The molecule has 0 aliphatic carbocycles. The van der Waals surface area contributed by atoms with Crippen LogP contribution in [0.4, 0.5) is 5.13 Å². The number of nitrogen functional groups attached to an aromatic ring is 1. The highest BCUT2D eigenvalue weighted by atomic mass is 32.5. The normalized spacial score (nSPS) is 19.3. The minimum atomic E-state index is -3.44. The molecule has 0 radical (unpaired) electrons. The summed E-state index contributed by atoms with van der Waals surface area (Å²) >= 11 is 5.95. The van der Waals surface area contributed by atoms with Gasteiger partial charge in [-0.15, -0.1) is 11.3 Å². The third kappa shape index (κ3) is 5.28. The van der Waals surface area contributed by atoms with Gasteiger partial charge < -0.3 is 30.4 Å². The van der Waals surface area contributed by atoms with E-state index in [0.717, 1.165) is 16.0 Å². The lowest BCUT2D eigenvalue weighted by Gasteiger charge is -2.41. The number of amides is 2. The Kier molecular flexibility index (Phi) is 6.96. The van der Waals surface area contributed by atoms with E-state index in [1.807, 2.05) is 0 Å². The van der Waals surface area contributed by atoms with E-state index in [9.17, 15) is 19.3 Å². The van der Waals surface area contributed by atoms with Gasteiger partial charge in [0, 0.05) is 5.38 Å². The van der Waals surface area contributed by atoms with E-state index >= 15 is 0 Å². The number of oxime groups is 1. The summed E-state index contributed by atoms with van der Waals surface area (Å²) in [6.45, 7) is 0.768. The van der Waals surface area contributed by atoms with Gasteiger partial charge in [-0.05, 0) is 32.6 Å². The van der Waals surface area contributed by atoms with Crippen molar-refractivity contribution in [3.8, 4) is 0 Å². The largest absolute Gasteiger partial charge is 0.478 e. The van der Waals surface area contributed by atoms with Crippen LogP contribution in [0.25, 0.3) is 0 Å². The molecule has 1 aromatic heterocycles. The van der Waals surface area contributed by atoms with Crippen LogP contribution in [0.5, 0.6) is 0 Å². The molecule has 12 nitrogen and oxygen atoms in total. The number of aliphatic carboxylic acids is 1. The summed E-state index contributed by atoms with van der Waals surface area (Å²) < 4.78 is 6.01. The summed E-state index contributed by atoms with van der Waals surface area (Å²) in [6.07, 6.45) is 0. The van der Waals surface area contributed by atoms with Crippen molar-refractivity contribution < 1.29 is 33.7 Å². The topological polar surface area (TPSA) is 177 Å². The molecular formula is C14H20N5O7PS2. The number of carboxylic acid groups (broad SMARTS) is 1. The van der Waals surface area contributed by atoms with Gasteiger partial charge in [0.2, 0.25) is 5.60 Å². The Morgan fingerprint density at radius 3 is 2.72 bits per heavy atom. The molecule has 0 aromatic carbocycles. The molecule has 1 fully saturated rings. The van der Waals surface area contributed by atoms with Crippen LogP contribution in [0, 0.1) is 0 Å². The highest BCUT2D eigenvalue weighted by Gasteiger charge is 2.46. The van der Waals surface area contributed by atoms with Gasteiger partial charge in [-0.25, -0.2) is 9.78 Å². The number of nitrogens with zero attached hydrogens (tertiary/aromatic N) is 3. The second kappa shape index (κ2) is 8.71. The summed E-state index contributed by atoms with van der Waals surface area (Å²) in [6, 6.07) is -0.967. The van der Waals surface area contributed by atoms with E-state index in [1.54, 1.807) is 6.92 Å². The predicted molar refractivity (Wildman–Crippen MR) is 108 cm³/mol. The second-order valence-corrected chi connectivity index (χ2v) is 10.3. The minimum Gasteiger partial charge on any atom is -0.478 e. The fraction of sp³-hybridized carbons (Fsp3) is 0.500. The lowest BCUT2D eigenvalue weighted by atomic mass is 10.1. The summed E-state index contributed by atoms with van der Waals surface area (Å²) in [5.74, 6) is -2.74. The molecule has 2 amide bonds. The number of aromatic nitrogens is 1. The number of hydrogen-bond acceptors (Lipinski definition) is 10. The maximum absolute atomic E-state index is 12.6. The molecule has 2 heterocycles. The van der Waals surface area contributed by atoms with Crippen LogP contribution in [-0.4, -0.2) is 67.9 Å². The molecule has 1 aliphatic heterocycles. The highest BCUT2D eigenvalue weighted by Crippen LogP contribution is 2.49. The van der Waals surface area contributed by atoms with Crippen molar-refractivity contribution in [2.45, 2.75) is 32.4 Å². The third-order valence-corrected chi connectivity index (χ3v) is 6.82. The van der Waals surface area contributed by atoms with Crippen molar-refractivity contribution in [2.24, 2.45) is 5.16 Å². The molecule has 1 saturated heterocycles. The molecule has 1 unspecified atom stereocenters. The number of β-lactam (4-membered cyclic amide) rings is 1. The zero-order valence-electron chi connectivity index (χ0n) is 15.7. The summed E-state index contributed by atoms with van der Waals surface area (Å²) in [5, 5.41) is 16.8. The van der Waals surface area contributed by atoms with Crippen molar-refractivity contribution in [1.29, 1.82) is 0 Å². The van der Waals surface area contributed by atoms with Gasteiger partial charge >= 0.3 is 5.97 Å². The Bertz CT molecular complexity index is 903. The van der Waals surface area contributed by atoms with E-state index < -0.39 is 36.1 Å². The van der Waals surface area contributed by atoms with Crippen LogP contribution in [-0.2, 0) is 35.6 Å². The Balaban J connectivity index is 2.16. The highest BCUT2D eigenvalue weighted by molar-refractivity contribution is 8.08. The first kappa shape index (κ1) is 23.2. The number of anilines is 1. The van der Waals surface area contributed by atoms with E-state index in [2.05, 4.69) is 15.5 Å². The number of thiazole rings is 1. The van der Waals surface area contributed by atoms with Crippen LogP contribution in [0.15, 0.2) is 10.5 Å². The molecule has 2 rings (SSSR count). The van der Waals surface area contributed by atoms with E-state index in [1.165, 1.54) is 19.2 Å². The van der Waals surface area contributed by atoms with E-state index in [4.69, 9.17) is 32.0 Å². The third-order valence-electron chi connectivity index (χ3n) is 3.68. The van der Waals surface area contributed by atoms with Crippen LogP contribution in [0.3, 0.4) is 0 Å². The zero-order valence-corrected chi connectivity index (χ0v) is 18.2. The molecule has 15 heteroatoms. The van der Waals surface area contributed by atoms with Crippen LogP contribution in [0.1, 0.15) is 26.5 Å². The number of rotatable bonds is 9. The lowest BCUT2D eigenvalue weighted by molar-refractivity contribution is -0.161. The molecule has 0 saturated carbocycles. The number of carbonyl (C=O) groups excluding carboxylic acids is 2. The molecule has 5 N–H and O–H groups in total. The first-order valence-electron chi connectivity index (χ1n) is 8.20. The smallest absolute Gasteiger partial charge is 0.350 e. The quantitative estimate of drug-likeness (QED) is 0.166. The fourth-order valence-corrected chi connectivity index (χ4v) is 4.55. The average Bonchev–Trinajstić information content (AvgIpc) is 3.03. The van der Waals surface area contributed by atoms with Gasteiger partial charge in [-0.1, -0.05) is 5.16 Å². The molecular weight excluding hydrogens is 445 g/mol. The predicted octanol–water partition coefficient (Wildman–Crippen LogP) is -0.110. The van der Waals surface area contributed by atoms with E-state index in [-0.39, 0.29) is 29.7 Å². The number of nitrogens with two attached hydrogens (primary N) is 1. The fourth-order valence-electron chi connectivity index (χ4n) is 2.01. The summed E-state index contributed by atoms with van der Waals surface area (Å²) in [5.41, 5.74) is 3.56. The first-order chi connectivity index (χ1) is 13.4. The number of hydrogen-bond donors (Lipinski definition) is 4. The van der Waals surface area contributed by atoms with Gasteiger partial charge in [-0.2, -0.15) is 0 Å². The van der Waals surface area contributed by atoms with Crippen LogP contribution < -0.4 is 11.1 Å². The van der Waals surface area contributed by atoms with Crippen molar-refractivity contribution in [3.05, 3.63) is 11.1 Å². The van der Waals surface area contributed by atoms with Crippen LogP contribution in [0.2, 0.25) is 0 Å². The lowest BCUT2D eigenvalue weighted by Crippen LogP contribution is -2.63. The Morgan fingerprint density at radius 2 is 2.24 bits per heavy atom. The Hall–Kier alpha value is -2.12. The Labute approximate surface area is 174 Å². The zero-order chi connectivity index (χ0) is 22.0. The number of nitrogens with one attached hydrogen (secondary N) is 1. The number of carbonyl (C=O) groups is 3. The minimum absolute atomic E-state index is 0.0493. The van der Waals surface area contributed by atoms with E-state index in [0.29, 0.717) is 0 Å². The van der Waals surface area contributed by atoms with Gasteiger partial charge in [0.15, 0.2) is 10.8 Å². The summed E-state index contributed by atoms with van der Waals surface area (Å²) in [7, 11) is 0. The molecule has 0 spiro atoms. The van der Waals surface area contributed by atoms with Gasteiger partial charge in [0.25, 0.3) is 18.5 Å². The van der Waals surface area contributed by atoms with Crippen molar-refractivity contribution in [1.82, 2.24) is 15.0 Å². The van der Waals surface area contributed by atoms with Crippen molar-refractivity contribution in [3.63, 3.8) is 0 Å². The first-order valence-corrected chi connectivity index (χ1v) is 11.7. The monoisotopic (exact) mass is 465 g/mol. The number of carboxylic acids is 1. The molecule has 2 atom stereocenters. The molecule has 0 bridgehead atoms. The molecule has 29 heavy (non-hydrogen) atoms. The molecule has 160 valence electrons. The second-order valence-electron chi connectivity index (χ2n) is 6.27.